The van der Waals surface area contributed by atoms with Gasteiger partial charge in [0.05, 0.1) is 13.0 Å². The highest BCUT2D eigenvalue weighted by Gasteiger charge is 2.09. The van der Waals surface area contributed by atoms with Gasteiger partial charge in [-0.05, 0) is 13.3 Å². The van der Waals surface area contributed by atoms with Crippen molar-refractivity contribution < 1.29 is 4.74 Å². The molecule has 0 saturated carbocycles. The van der Waals surface area contributed by atoms with E-state index in [4.69, 9.17) is 10.5 Å². The molecule has 0 spiro atoms. The van der Waals surface area contributed by atoms with Crippen LogP contribution in [0.4, 0.5) is 5.95 Å². The van der Waals surface area contributed by atoms with Crippen molar-refractivity contribution in [1.82, 2.24) is 24.5 Å². The summed E-state index contributed by atoms with van der Waals surface area (Å²) in [6.45, 7) is 5.41. The van der Waals surface area contributed by atoms with Gasteiger partial charge < -0.3 is 15.0 Å². The van der Waals surface area contributed by atoms with Gasteiger partial charge in [0.15, 0.2) is 0 Å². The van der Waals surface area contributed by atoms with Gasteiger partial charge >= 0.3 is 6.01 Å². The highest BCUT2D eigenvalue weighted by molar-refractivity contribution is 5.19. The molecule has 0 atom stereocenters. The fourth-order valence-electron chi connectivity index (χ4n) is 1.78. The predicted octanol–water partition coefficient (Wildman–Crippen LogP) is 1.05. The second kappa shape index (κ2) is 6.12. The molecule has 0 aliphatic carbocycles. The average Bonchev–Trinajstić information content (AvgIpc) is 2.77. The molecule has 2 N–H and O–H groups in total. The molecule has 102 valence electrons. The number of nitrogens with two attached hydrogens (primary N) is 1. The number of aryl methyl sites for hydroxylation is 1. The third-order valence-corrected chi connectivity index (χ3v) is 2.53. The van der Waals surface area contributed by atoms with Gasteiger partial charge in [0.1, 0.15) is 11.6 Å². The molecule has 7 heteroatoms. The molecule has 2 rings (SSSR count). The number of rotatable bonds is 6. The second-order valence-corrected chi connectivity index (χ2v) is 4.04. The molecule has 2 aromatic rings. The van der Waals surface area contributed by atoms with Gasteiger partial charge in [0, 0.05) is 18.9 Å². The summed E-state index contributed by atoms with van der Waals surface area (Å²) < 4.78 is 7.34. The van der Waals surface area contributed by atoms with Crippen LogP contribution in [0.15, 0.2) is 12.4 Å². The number of ether oxygens (including phenoxy) is 1. The number of aromatic nitrogens is 5. The molecule has 0 aromatic carbocycles. The van der Waals surface area contributed by atoms with Crippen molar-refractivity contribution in [3.63, 3.8) is 0 Å². The molecular weight excluding hydrogens is 244 g/mol. The Balaban J connectivity index is 2.20. The molecule has 2 heterocycles. The topological polar surface area (TPSA) is 91.7 Å². The van der Waals surface area contributed by atoms with Crippen molar-refractivity contribution >= 4 is 5.95 Å². The van der Waals surface area contributed by atoms with E-state index in [0.29, 0.717) is 18.9 Å². The van der Waals surface area contributed by atoms with Crippen molar-refractivity contribution in [3.8, 4) is 6.01 Å². The van der Waals surface area contributed by atoms with Gasteiger partial charge in [0.2, 0.25) is 5.95 Å². The van der Waals surface area contributed by atoms with Crippen molar-refractivity contribution in [2.24, 2.45) is 0 Å². The fraction of sp³-hybridized carbons (Fsp3) is 0.500. The number of hydrogen-bond acceptors (Lipinski definition) is 6. The van der Waals surface area contributed by atoms with Crippen LogP contribution in [0.3, 0.4) is 0 Å². The first-order valence-corrected chi connectivity index (χ1v) is 6.36. The Morgan fingerprint density at radius 1 is 1.26 bits per heavy atom. The zero-order valence-electron chi connectivity index (χ0n) is 11.2. The van der Waals surface area contributed by atoms with E-state index in [1.807, 2.05) is 13.1 Å². The molecule has 2 aromatic heterocycles. The first-order valence-electron chi connectivity index (χ1n) is 6.36. The van der Waals surface area contributed by atoms with E-state index in [1.165, 1.54) is 0 Å². The number of nitrogen functional groups attached to an aromatic ring is 1. The Morgan fingerprint density at radius 2 is 2.11 bits per heavy atom. The van der Waals surface area contributed by atoms with Gasteiger partial charge in [-0.3, -0.25) is 0 Å². The lowest BCUT2D eigenvalue weighted by Crippen LogP contribution is -2.10. The predicted molar refractivity (Wildman–Crippen MR) is 70.7 cm³/mol. The minimum absolute atomic E-state index is 0.169. The van der Waals surface area contributed by atoms with E-state index < -0.39 is 0 Å². The Hall–Kier alpha value is -2.18. The summed E-state index contributed by atoms with van der Waals surface area (Å²) in [4.78, 5) is 16.6. The molecule has 0 radical (unpaired) electrons. The molecule has 0 aliphatic rings. The maximum atomic E-state index is 5.65. The summed E-state index contributed by atoms with van der Waals surface area (Å²) in [6.07, 6.45) is 5.29. The van der Waals surface area contributed by atoms with E-state index >= 15 is 0 Å². The van der Waals surface area contributed by atoms with Gasteiger partial charge in [-0.15, -0.1) is 0 Å². The van der Waals surface area contributed by atoms with E-state index in [-0.39, 0.29) is 12.0 Å². The number of nitrogens with zero attached hydrogens (tertiary/aromatic N) is 5. The molecule has 0 amide bonds. The van der Waals surface area contributed by atoms with Crippen LogP contribution >= 0.6 is 0 Å². The lowest BCUT2D eigenvalue weighted by Gasteiger charge is -2.07. The van der Waals surface area contributed by atoms with Crippen LogP contribution in [0.5, 0.6) is 6.01 Å². The first-order chi connectivity index (χ1) is 9.22. The maximum Gasteiger partial charge on any atom is 0.321 e. The van der Waals surface area contributed by atoms with Crippen LogP contribution in [0.25, 0.3) is 0 Å². The lowest BCUT2D eigenvalue weighted by molar-refractivity contribution is 0.310. The Labute approximate surface area is 111 Å². The van der Waals surface area contributed by atoms with Crippen LogP contribution in [-0.2, 0) is 13.0 Å². The number of imidazole rings is 1. The number of anilines is 1. The SMILES string of the molecule is CCCn1ccnc1Cc1nc(N)nc(OCC)n1. The largest absolute Gasteiger partial charge is 0.464 e. The minimum atomic E-state index is 0.169. The molecule has 0 saturated heterocycles. The Bertz CT molecular complexity index is 539. The van der Waals surface area contributed by atoms with Gasteiger partial charge in [-0.25, -0.2) is 4.98 Å². The van der Waals surface area contributed by atoms with Crippen molar-refractivity contribution in [2.75, 3.05) is 12.3 Å². The highest BCUT2D eigenvalue weighted by Crippen LogP contribution is 2.09. The standard InChI is InChI=1S/C12H18N6O/c1-3-6-18-7-5-14-10(18)8-9-15-11(13)17-12(16-9)19-4-2/h5,7H,3-4,6,8H2,1-2H3,(H2,13,15,16,17). The minimum Gasteiger partial charge on any atom is -0.464 e. The van der Waals surface area contributed by atoms with E-state index in [9.17, 15) is 0 Å². The smallest absolute Gasteiger partial charge is 0.321 e. The van der Waals surface area contributed by atoms with E-state index in [1.54, 1.807) is 6.20 Å². The Kier molecular flexibility index (Phi) is 4.27. The third-order valence-electron chi connectivity index (χ3n) is 2.53. The summed E-state index contributed by atoms with van der Waals surface area (Å²) in [5.74, 6) is 1.65. The van der Waals surface area contributed by atoms with Crippen molar-refractivity contribution in [2.45, 2.75) is 33.2 Å². The number of hydrogen-bond donors (Lipinski definition) is 1. The molecule has 0 fully saturated rings. The monoisotopic (exact) mass is 262 g/mol. The summed E-state index contributed by atoms with van der Waals surface area (Å²) in [5, 5.41) is 0. The maximum absolute atomic E-state index is 5.65. The summed E-state index contributed by atoms with van der Waals surface area (Å²) >= 11 is 0. The van der Waals surface area contributed by atoms with Crippen LogP contribution in [0.1, 0.15) is 31.9 Å². The quantitative estimate of drug-likeness (QED) is 0.836. The van der Waals surface area contributed by atoms with Gasteiger partial charge in [-0.1, -0.05) is 6.92 Å². The van der Waals surface area contributed by atoms with Crippen molar-refractivity contribution in [3.05, 3.63) is 24.0 Å². The van der Waals surface area contributed by atoms with E-state index in [2.05, 4.69) is 31.4 Å². The highest BCUT2D eigenvalue weighted by atomic mass is 16.5. The van der Waals surface area contributed by atoms with Gasteiger partial charge in [-0.2, -0.15) is 15.0 Å². The zero-order chi connectivity index (χ0) is 13.7. The molecule has 7 nitrogen and oxygen atoms in total. The first kappa shape index (κ1) is 13.3. The van der Waals surface area contributed by atoms with Crippen LogP contribution in [0, 0.1) is 0 Å². The van der Waals surface area contributed by atoms with Gasteiger partial charge in [0.25, 0.3) is 0 Å². The van der Waals surface area contributed by atoms with Crippen LogP contribution in [-0.4, -0.2) is 31.1 Å². The fourth-order valence-corrected chi connectivity index (χ4v) is 1.78. The Morgan fingerprint density at radius 3 is 2.84 bits per heavy atom. The molecule has 0 aliphatic heterocycles. The molecule has 0 unspecified atom stereocenters. The normalized spacial score (nSPS) is 10.6. The van der Waals surface area contributed by atoms with E-state index in [0.717, 1.165) is 18.8 Å². The molecular formula is C12H18N6O. The summed E-state index contributed by atoms with van der Waals surface area (Å²) in [5.41, 5.74) is 5.65. The summed E-state index contributed by atoms with van der Waals surface area (Å²) in [6, 6.07) is 0.263. The zero-order valence-corrected chi connectivity index (χ0v) is 11.2. The van der Waals surface area contributed by atoms with Crippen molar-refractivity contribution in [1.29, 1.82) is 0 Å². The average molecular weight is 262 g/mol. The molecule has 0 bridgehead atoms. The van der Waals surface area contributed by atoms with Crippen LogP contribution < -0.4 is 10.5 Å². The second-order valence-electron chi connectivity index (χ2n) is 4.04. The van der Waals surface area contributed by atoms with Crippen LogP contribution in [0.2, 0.25) is 0 Å². The third kappa shape index (κ3) is 3.40. The summed E-state index contributed by atoms with van der Waals surface area (Å²) in [7, 11) is 0. The lowest BCUT2D eigenvalue weighted by atomic mass is 10.3. The molecule has 19 heavy (non-hydrogen) atoms.